The first-order chi connectivity index (χ1) is 19.4. The normalized spacial score (nSPS) is 18.9. The molecule has 0 radical (unpaired) electrons. The highest BCUT2D eigenvalue weighted by atomic mass is 32.2. The summed E-state index contributed by atoms with van der Waals surface area (Å²) in [5.74, 6) is 0.258. The van der Waals surface area contributed by atoms with Crippen LogP contribution in [0.25, 0.3) is 0 Å². The monoisotopic (exact) mass is 583 g/mol. The van der Waals surface area contributed by atoms with Gasteiger partial charge in [0.05, 0.1) is 6.04 Å². The standard InChI is InChI=1S/C30H31F2N3O3S2/c31-23-11-10-20-22(26(23)32)17-40-25-9-4-3-8-21(25)27(20)35-18-33(13-5-15-39-16-19-6-1-2-7-19)30(38)28-29(37)24(36)12-14-34(28)35/h3-4,8-12,14,19,27,37H,1-2,5-7,13,15-18H2/t27-/m0/s1. The van der Waals surface area contributed by atoms with E-state index >= 15 is 4.39 Å². The first-order valence-electron chi connectivity index (χ1n) is 13.7. The number of halogens is 2. The van der Waals surface area contributed by atoms with Crippen molar-refractivity contribution in [2.45, 2.75) is 48.8 Å². The number of hydrogen-bond acceptors (Lipinski definition) is 6. The summed E-state index contributed by atoms with van der Waals surface area (Å²) in [6.07, 6.45) is 7.46. The SMILES string of the molecule is O=C1c2c(O)c(=O)ccn2N([C@@H]2c3ccccc3SCc3c2ccc(F)c3F)CN1CCCSCC1CCCC1. The Morgan fingerprint density at radius 1 is 1.02 bits per heavy atom. The van der Waals surface area contributed by atoms with Gasteiger partial charge < -0.3 is 10.0 Å². The Morgan fingerprint density at radius 2 is 1.82 bits per heavy atom. The number of aromatic nitrogens is 1. The highest BCUT2D eigenvalue weighted by Gasteiger charge is 2.39. The minimum Gasteiger partial charge on any atom is -0.502 e. The van der Waals surface area contributed by atoms with E-state index in [0.29, 0.717) is 12.1 Å². The summed E-state index contributed by atoms with van der Waals surface area (Å²) in [7, 11) is 0. The van der Waals surface area contributed by atoms with E-state index in [4.69, 9.17) is 0 Å². The number of hydrogen-bond donors (Lipinski definition) is 1. The Bertz CT molecular complexity index is 1490. The van der Waals surface area contributed by atoms with Crippen LogP contribution in [-0.4, -0.2) is 45.3 Å². The molecule has 10 heteroatoms. The molecule has 6 rings (SSSR count). The van der Waals surface area contributed by atoms with Crippen molar-refractivity contribution in [1.82, 2.24) is 9.58 Å². The number of pyridine rings is 1. The van der Waals surface area contributed by atoms with Crippen LogP contribution in [0.3, 0.4) is 0 Å². The highest BCUT2D eigenvalue weighted by molar-refractivity contribution is 7.99. The zero-order valence-electron chi connectivity index (χ0n) is 22.0. The van der Waals surface area contributed by atoms with Crippen LogP contribution in [0, 0.1) is 17.6 Å². The van der Waals surface area contributed by atoms with Crippen LogP contribution >= 0.6 is 23.5 Å². The van der Waals surface area contributed by atoms with E-state index in [1.165, 1.54) is 54.4 Å². The van der Waals surface area contributed by atoms with Gasteiger partial charge in [0.2, 0.25) is 5.43 Å². The number of fused-ring (bicyclic) bond motifs is 3. The lowest BCUT2D eigenvalue weighted by Gasteiger charge is -2.44. The summed E-state index contributed by atoms with van der Waals surface area (Å²) in [4.78, 5) is 28.6. The Kier molecular flexibility index (Phi) is 7.81. The van der Waals surface area contributed by atoms with Gasteiger partial charge in [0.15, 0.2) is 23.1 Å². The van der Waals surface area contributed by atoms with Crippen molar-refractivity contribution in [2.75, 3.05) is 29.7 Å². The maximum absolute atomic E-state index is 15.2. The number of aromatic hydroxyl groups is 1. The van der Waals surface area contributed by atoms with Gasteiger partial charge in [-0.05, 0) is 59.9 Å². The Morgan fingerprint density at radius 3 is 2.65 bits per heavy atom. The summed E-state index contributed by atoms with van der Waals surface area (Å²) in [6, 6.07) is 11.1. The third-order valence-electron chi connectivity index (χ3n) is 8.09. The summed E-state index contributed by atoms with van der Waals surface area (Å²) >= 11 is 3.35. The number of benzene rings is 2. The van der Waals surface area contributed by atoms with Crippen molar-refractivity contribution in [1.29, 1.82) is 0 Å². The van der Waals surface area contributed by atoms with Gasteiger partial charge in [-0.1, -0.05) is 37.1 Å². The summed E-state index contributed by atoms with van der Waals surface area (Å²) < 4.78 is 31.0. The number of carbonyl (C=O) groups is 1. The van der Waals surface area contributed by atoms with E-state index in [1.807, 2.05) is 41.0 Å². The second-order valence-electron chi connectivity index (χ2n) is 10.6. The van der Waals surface area contributed by atoms with Gasteiger partial charge in [-0.15, -0.1) is 11.8 Å². The third kappa shape index (κ3) is 5.00. The van der Waals surface area contributed by atoms with Gasteiger partial charge in [-0.3, -0.25) is 19.3 Å². The van der Waals surface area contributed by atoms with Gasteiger partial charge in [0, 0.05) is 35.0 Å². The molecule has 3 heterocycles. The van der Waals surface area contributed by atoms with Gasteiger partial charge in [-0.2, -0.15) is 11.8 Å². The average molecular weight is 584 g/mol. The molecule has 210 valence electrons. The number of rotatable bonds is 7. The molecule has 2 aliphatic heterocycles. The molecule has 6 nitrogen and oxygen atoms in total. The van der Waals surface area contributed by atoms with Gasteiger partial charge in [-0.25, -0.2) is 8.78 Å². The fourth-order valence-electron chi connectivity index (χ4n) is 6.04. The van der Waals surface area contributed by atoms with Gasteiger partial charge in [0.25, 0.3) is 5.91 Å². The van der Waals surface area contributed by atoms with Crippen molar-refractivity contribution >= 4 is 29.4 Å². The lowest BCUT2D eigenvalue weighted by Crippen LogP contribution is -2.55. The number of thioether (sulfide) groups is 2. The molecule has 1 N–H and O–H groups in total. The average Bonchev–Trinajstić information content (AvgIpc) is 3.42. The zero-order chi connectivity index (χ0) is 27.8. The van der Waals surface area contributed by atoms with Crippen molar-refractivity contribution in [3.8, 4) is 5.75 Å². The van der Waals surface area contributed by atoms with Crippen molar-refractivity contribution in [3.63, 3.8) is 0 Å². The molecule has 3 aromatic rings. The molecule has 1 fully saturated rings. The Labute approximate surface area is 240 Å². The molecule has 1 saturated carbocycles. The second kappa shape index (κ2) is 11.5. The minimum absolute atomic E-state index is 0.115. The van der Waals surface area contributed by atoms with E-state index in [1.54, 1.807) is 11.0 Å². The Balaban J connectivity index is 1.37. The molecule has 2 aromatic carbocycles. The van der Waals surface area contributed by atoms with Crippen LogP contribution in [-0.2, 0) is 5.75 Å². The van der Waals surface area contributed by atoms with Crippen molar-refractivity contribution in [3.05, 3.63) is 92.9 Å². The third-order valence-corrected chi connectivity index (χ3v) is 10.5. The summed E-state index contributed by atoms with van der Waals surface area (Å²) in [5.41, 5.74) is 0.976. The number of nitrogens with zero attached hydrogens (tertiary/aromatic N) is 3. The lowest BCUT2D eigenvalue weighted by atomic mass is 9.94. The van der Waals surface area contributed by atoms with Crippen LogP contribution in [0.4, 0.5) is 8.78 Å². The fourth-order valence-corrected chi connectivity index (χ4v) is 8.32. The smallest absolute Gasteiger partial charge is 0.277 e. The highest BCUT2D eigenvalue weighted by Crippen LogP contribution is 2.44. The lowest BCUT2D eigenvalue weighted by molar-refractivity contribution is 0.0680. The van der Waals surface area contributed by atoms with E-state index in [9.17, 15) is 19.1 Å². The van der Waals surface area contributed by atoms with Crippen molar-refractivity contribution in [2.24, 2.45) is 5.92 Å². The first-order valence-corrected chi connectivity index (χ1v) is 15.8. The van der Waals surface area contributed by atoms with Crippen LogP contribution in [0.1, 0.15) is 65.3 Å². The maximum Gasteiger partial charge on any atom is 0.277 e. The molecular weight excluding hydrogens is 552 g/mol. The van der Waals surface area contributed by atoms with E-state index in [0.717, 1.165) is 40.4 Å². The van der Waals surface area contributed by atoms with Crippen LogP contribution in [0.15, 0.2) is 58.4 Å². The quantitative estimate of drug-likeness (QED) is 0.350. The van der Waals surface area contributed by atoms with Gasteiger partial charge in [0.1, 0.15) is 6.67 Å². The van der Waals surface area contributed by atoms with E-state index in [2.05, 4.69) is 0 Å². The molecule has 1 amide bonds. The van der Waals surface area contributed by atoms with Gasteiger partial charge >= 0.3 is 0 Å². The molecule has 0 saturated heterocycles. The van der Waals surface area contributed by atoms with Crippen LogP contribution in [0.2, 0.25) is 0 Å². The number of carbonyl (C=O) groups excluding carboxylic acids is 1. The van der Waals surface area contributed by atoms with Crippen LogP contribution in [0.5, 0.6) is 5.75 Å². The second-order valence-corrected chi connectivity index (χ2v) is 12.8. The first kappa shape index (κ1) is 27.2. The molecule has 3 aliphatic rings. The minimum atomic E-state index is -0.906. The molecule has 1 aromatic heterocycles. The molecule has 1 atom stereocenters. The predicted molar refractivity (Wildman–Crippen MR) is 155 cm³/mol. The van der Waals surface area contributed by atoms with E-state index < -0.39 is 34.8 Å². The van der Waals surface area contributed by atoms with Crippen molar-refractivity contribution < 1.29 is 18.7 Å². The Hall–Kier alpha value is -2.98. The number of amides is 1. The van der Waals surface area contributed by atoms with Crippen LogP contribution < -0.4 is 10.4 Å². The fraction of sp³-hybridized carbons (Fsp3) is 0.400. The molecular formula is C30H31F2N3O3S2. The molecule has 0 bridgehead atoms. The summed E-state index contributed by atoms with van der Waals surface area (Å²) in [6.45, 7) is 0.604. The molecule has 0 unspecified atom stereocenters. The predicted octanol–water partition coefficient (Wildman–Crippen LogP) is 5.89. The molecule has 1 aliphatic carbocycles. The zero-order valence-corrected chi connectivity index (χ0v) is 23.7. The molecule has 0 spiro atoms. The summed E-state index contributed by atoms with van der Waals surface area (Å²) in [5, 5.41) is 12.6. The topological polar surface area (TPSA) is 65.8 Å². The maximum atomic E-state index is 15.2. The largest absolute Gasteiger partial charge is 0.502 e. The van der Waals surface area contributed by atoms with E-state index in [-0.39, 0.29) is 23.7 Å². The molecule has 40 heavy (non-hydrogen) atoms.